The highest BCUT2D eigenvalue weighted by molar-refractivity contribution is 9.10. The summed E-state index contributed by atoms with van der Waals surface area (Å²) in [5, 5.41) is 3.46. The molecule has 1 fully saturated rings. The molecule has 3 aromatic rings. The van der Waals surface area contributed by atoms with Crippen LogP contribution in [-0.4, -0.2) is 23.0 Å². The topological polar surface area (TPSA) is 50.8 Å². The first-order valence-corrected chi connectivity index (χ1v) is 11.6. The molecular formula is C26H23BrN2O3S. The lowest BCUT2D eigenvalue weighted by Gasteiger charge is -2.23. The number of rotatable bonds is 7. The van der Waals surface area contributed by atoms with Gasteiger partial charge in [-0.1, -0.05) is 52.3 Å². The quantitative estimate of drug-likeness (QED) is 0.311. The first-order valence-electron chi connectivity index (χ1n) is 10.4. The monoisotopic (exact) mass is 522 g/mol. The average molecular weight is 523 g/mol. The van der Waals surface area contributed by atoms with E-state index in [1.165, 1.54) is 0 Å². The number of ether oxygens (including phenoxy) is 2. The van der Waals surface area contributed by atoms with Crippen LogP contribution in [-0.2, 0) is 11.4 Å². The third-order valence-electron chi connectivity index (χ3n) is 5.40. The molecule has 1 amide bonds. The number of hydrogen-bond acceptors (Lipinski definition) is 4. The Bertz CT molecular complexity index is 1200. The van der Waals surface area contributed by atoms with E-state index < -0.39 is 0 Å². The summed E-state index contributed by atoms with van der Waals surface area (Å²) in [6, 6.07) is 23.0. The van der Waals surface area contributed by atoms with Gasteiger partial charge in [0.15, 0.2) is 5.11 Å². The van der Waals surface area contributed by atoms with E-state index in [9.17, 15) is 4.79 Å². The largest absolute Gasteiger partial charge is 0.496 e. The maximum Gasteiger partial charge on any atom is 0.277 e. The molecule has 1 atom stereocenters. The summed E-state index contributed by atoms with van der Waals surface area (Å²) in [5.74, 6) is 1.32. The fourth-order valence-electron chi connectivity index (χ4n) is 3.64. The molecule has 7 heteroatoms. The zero-order valence-corrected chi connectivity index (χ0v) is 20.7. The number of nitrogens with zero attached hydrogens (tertiary/aromatic N) is 1. The first-order chi connectivity index (χ1) is 16.0. The van der Waals surface area contributed by atoms with Gasteiger partial charge >= 0.3 is 0 Å². The highest BCUT2D eigenvalue weighted by atomic mass is 79.9. The summed E-state index contributed by atoms with van der Waals surface area (Å²) in [4.78, 5) is 14.7. The van der Waals surface area contributed by atoms with E-state index >= 15 is 0 Å². The van der Waals surface area contributed by atoms with Crippen LogP contribution in [0.5, 0.6) is 11.5 Å². The van der Waals surface area contributed by atoms with Crippen LogP contribution >= 0.6 is 28.1 Å². The van der Waals surface area contributed by atoms with Crippen LogP contribution in [0.2, 0.25) is 0 Å². The van der Waals surface area contributed by atoms with Crippen molar-refractivity contribution in [3.63, 3.8) is 0 Å². The molecule has 4 rings (SSSR count). The fraction of sp³-hybridized carbons (Fsp3) is 0.154. The number of thiocarbonyl (C=S) groups is 1. The van der Waals surface area contributed by atoms with Crippen LogP contribution in [0.4, 0.5) is 0 Å². The highest BCUT2D eigenvalue weighted by Crippen LogP contribution is 2.28. The van der Waals surface area contributed by atoms with E-state index in [0.29, 0.717) is 17.4 Å². The molecule has 0 bridgehead atoms. The Morgan fingerprint density at radius 3 is 2.52 bits per heavy atom. The van der Waals surface area contributed by atoms with E-state index in [0.717, 1.165) is 32.7 Å². The molecule has 1 N–H and O–H groups in total. The number of nitrogens with one attached hydrogen (secondary N) is 1. The Balaban J connectivity index is 1.54. The van der Waals surface area contributed by atoms with Crippen molar-refractivity contribution in [2.45, 2.75) is 19.6 Å². The summed E-state index contributed by atoms with van der Waals surface area (Å²) < 4.78 is 12.4. The second-order valence-corrected chi connectivity index (χ2v) is 8.87. The zero-order chi connectivity index (χ0) is 23.4. The average Bonchev–Trinajstić information content (AvgIpc) is 3.11. The molecule has 0 saturated carbocycles. The van der Waals surface area contributed by atoms with Crippen molar-refractivity contribution >= 4 is 45.2 Å². The minimum Gasteiger partial charge on any atom is -0.496 e. The van der Waals surface area contributed by atoms with E-state index in [-0.39, 0.29) is 11.9 Å². The third-order valence-corrected chi connectivity index (χ3v) is 6.23. The maximum absolute atomic E-state index is 13.1. The van der Waals surface area contributed by atoms with Crippen LogP contribution < -0.4 is 14.8 Å². The Morgan fingerprint density at radius 1 is 1.09 bits per heavy atom. The second-order valence-electron chi connectivity index (χ2n) is 7.56. The highest BCUT2D eigenvalue weighted by Gasteiger charge is 2.34. The van der Waals surface area contributed by atoms with Gasteiger partial charge in [0, 0.05) is 10.0 Å². The first kappa shape index (κ1) is 23.0. The number of benzene rings is 3. The molecule has 0 radical (unpaired) electrons. The van der Waals surface area contributed by atoms with Crippen molar-refractivity contribution in [1.82, 2.24) is 10.2 Å². The van der Waals surface area contributed by atoms with Crippen molar-refractivity contribution in [3.8, 4) is 11.5 Å². The molecule has 0 spiro atoms. The minimum absolute atomic E-state index is 0.153. The summed E-state index contributed by atoms with van der Waals surface area (Å²) in [5.41, 5.74) is 3.18. The molecule has 1 saturated heterocycles. The summed E-state index contributed by atoms with van der Waals surface area (Å²) in [7, 11) is 1.62. The maximum atomic E-state index is 13.1. The summed E-state index contributed by atoms with van der Waals surface area (Å²) >= 11 is 8.89. The van der Waals surface area contributed by atoms with Gasteiger partial charge in [0.1, 0.15) is 23.8 Å². The number of carbonyl (C=O) groups excluding carboxylic acids is 1. The van der Waals surface area contributed by atoms with Crippen LogP contribution in [0.15, 0.2) is 83.0 Å². The van der Waals surface area contributed by atoms with Gasteiger partial charge in [-0.3, -0.25) is 9.69 Å². The van der Waals surface area contributed by atoms with Crippen LogP contribution in [0, 0.1) is 0 Å². The van der Waals surface area contributed by atoms with E-state index in [1.807, 2.05) is 79.7 Å². The number of carbonyl (C=O) groups is 1. The lowest BCUT2D eigenvalue weighted by atomic mass is 10.1. The predicted molar refractivity (Wildman–Crippen MR) is 137 cm³/mol. The molecule has 1 aliphatic rings. The normalized spacial score (nSPS) is 15.5. The Labute approximate surface area is 207 Å². The van der Waals surface area contributed by atoms with E-state index in [2.05, 4.69) is 21.2 Å². The Hall–Kier alpha value is -3.16. The van der Waals surface area contributed by atoms with Crippen molar-refractivity contribution in [2.75, 3.05) is 7.11 Å². The molecule has 0 aromatic heterocycles. The minimum atomic E-state index is -0.171. The van der Waals surface area contributed by atoms with Gasteiger partial charge in [0.2, 0.25) is 0 Å². The summed E-state index contributed by atoms with van der Waals surface area (Å²) in [6.07, 6.45) is 1.80. The number of halogens is 1. The van der Waals surface area contributed by atoms with Crippen LogP contribution in [0.25, 0.3) is 6.08 Å². The molecule has 168 valence electrons. The van der Waals surface area contributed by atoms with Gasteiger partial charge < -0.3 is 14.8 Å². The Kier molecular flexibility index (Phi) is 7.11. The van der Waals surface area contributed by atoms with Gasteiger partial charge in [-0.05, 0) is 72.7 Å². The SMILES string of the molecule is COc1ccc(/C=C2\NC(=S)N(C(C)c3ccccc3)C2=O)cc1COc1ccc(Br)cc1. The molecule has 1 unspecified atom stereocenters. The van der Waals surface area contributed by atoms with Gasteiger partial charge in [0.05, 0.1) is 13.2 Å². The van der Waals surface area contributed by atoms with E-state index in [1.54, 1.807) is 18.1 Å². The number of methoxy groups -OCH3 is 1. The van der Waals surface area contributed by atoms with Gasteiger partial charge in [-0.25, -0.2) is 0 Å². The van der Waals surface area contributed by atoms with Crippen LogP contribution in [0.1, 0.15) is 29.7 Å². The second kappa shape index (κ2) is 10.2. The lowest BCUT2D eigenvalue weighted by Crippen LogP contribution is -2.33. The molecule has 1 heterocycles. The Morgan fingerprint density at radius 2 is 1.82 bits per heavy atom. The van der Waals surface area contributed by atoms with Crippen molar-refractivity contribution in [1.29, 1.82) is 0 Å². The zero-order valence-electron chi connectivity index (χ0n) is 18.2. The molecule has 0 aliphatic carbocycles. The van der Waals surface area contributed by atoms with Gasteiger partial charge in [0.25, 0.3) is 5.91 Å². The number of amides is 1. The molecule has 33 heavy (non-hydrogen) atoms. The summed E-state index contributed by atoms with van der Waals surface area (Å²) in [6.45, 7) is 2.30. The van der Waals surface area contributed by atoms with Crippen molar-refractivity contribution in [2.24, 2.45) is 0 Å². The van der Waals surface area contributed by atoms with Gasteiger partial charge in [-0.2, -0.15) is 0 Å². The smallest absolute Gasteiger partial charge is 0.277 e. The standard InChI is InChI=1S/C26H23BrN2O3S/c1-17(19-6-4-3-5-7-19)29-25(30)23(28-26(29)33)15-18-8-13-24(31-2)20(14-18)16-32-22-11-9-21(27)10-12-22/h3-15,17H,16H2,1-2H3,(H,28,33)/b23-15-. The third kappa shape index (κ3) is 5.26. The molecule has 5 nitrogen and oxygen atoms in total. The van der Waals surface area contributed by atoms with Gasteiger partial charge in [-0.15, -0.1) is 0 Å². The molecule has 1 aliphatic heterocycles. The molecular weight excluding hydrogens is 500 g/mol. The predicted octanol–water partition coefficient (Wildman–Crippen LogP) is 5.86. The van der Waals surface area contributed by atoms with Crippen molar-refractivity contribution in [3.05, 3.63) is 99.7 Å². The number of hydrogen-bond donors (Lipinski definition) is 1. The molecule has 3 aromatic carbocycles. The van der Waals surface area contributed by atoms with E-state index in [4.69, 9.17) is 21.7 Å². The fourth-order valence-corrected chi connectivity index (χ4v) is 4.26. The lowest BCUT2D eigenvalue weighted by molar-refractivity contribution is -0.123. The van der Waals surface area contributed by atoms with Crippen LogP contribution in [0.3, 0.4) is 0 Å². The van der Waals surface area contributed by atoms with Crippen molar-refractivity contribution < 1.29 is 14.3 Å².